The average Bonchev–Trinajstić information content (AvgIpc) is 3.34. The molecule has 2 atom stereocenters. The second-order valence-corrected chi connectivity index (χ2v) is 6.09. The van der Waals surface area contributed by atoms with Crippen LogP contribution in [0, 0.1) is 0 Å². The lowest BCUT2D eigenvalue weighted by molar-refractivity contribution is -0.0526. The maximum absolute atomic E-state index is 5.89. The molecule has 1 fully saturated rings. The SMILES string of the molecule is C[C@@H](c1nnc(-c2ccccc2)o1)N1CCO[C@@H](Cn2cncn2)C1. The number of aromatic nitrogens is 5. The van der Waals surface area contributed by atoms with E-state index in [4.69, 9.17) is 9.15 Å². The first kappa shape index (κ1) is 15.9. The Morgan fingerprint density at radius 3 is 2.92 bits per heavy atom. The van der Waals surface area contributed by atoms with E-state index in [0.717, 1.165) is 18.7 Å². The topological polar surface area (TPSA) is 82.1 Å². The normalized spacial score (nSPS) is 19.8. The minimum Gasteiger partial charge on any atom is -0.419 e. The zero-order valence-corrected chi connectivity index (χ0v) is 14.0. The first-order valence-electron chi connectivity index (χ1n) is 8.36. The number of rotatable bonds is 5. The Morgan fingerprint density at radius 2 is 2.12 bits per heavy atom. The van der Waals surface area contributed by atoms with Crippen LogP contribution in [0.4, 0.5) is 0 Å². The fourth-order valence-corrected chi connectivity index (χ4v) is 3.00. The number of hydrogen-bond donors (Lipinski definition) is 0. The number of morpholine rings is 1. The summed E-state index contributed by atoms with van der Waals surface area (Å²) in [5.41, 5.74) is 0.930. The lowest BCUT2D eigenvalue weighted by Crippen LogP contribution is -2.45. The van der Waals surface area contributed by atoms with Gasteiger partial charge in [-0.05, 0) is 19.1 Å². The fraction of sp³-hybridized carbons (Fsp3) is 0.412. The zero-order chi connectivity index (χ0) is 17.1. The van der Waals surface area contributed by atoms with Crippen molar-refractivity contribution in [1.29, 1.82) is 0 Å². The van der Waals surface area contributed by atoms with Crippen molar-refractivity contribution in [3.63, 3.8) is 0 Å². The van der Waals surface area contributed by atoms with Crippen molar-refractivity contribution in [2.75, 3.05) is 19.7 Å². The molecule has 1 aromatic carbocycles. The molecule has 1 saturated heterocycles. The highest BCUT2D eigenvalue weighted by Gasteiger charge is 2.28. The van der Waals surface area contributed by atoms with Gasteiger partial charge in [-0.2, -0.15) is 5.10 Å². The molecule has 1 aliphatic heterocycles. The molecule has 0 aliphatic carbocycles. The largest absolute Gasteiger partial charge is 0.419 e. The number of benzene rings is 1. The van der Waals surface area contributed by atoms with Crippen molar-refractivity contribution in [3.8, 4) is 11.5 Å². The van der Waals surface area contributed by atoms with Gasteiger partial charge in [0, 0.05) is 18.7 Å². The van der Waals surface area contributed by atoms with Crippen LogP contribution in [-0.4, -0.2) is 55.7 Å². The lowest BCUT2D eigenvalue weighted by Gasteiger charge is -2.35. The highest BCUT2D eigenvalue weighted by atomic mass is 16.5. The monoisotopic (exact) mass is 340 g/mol. The quantitative estimate of drug-likeness (QED) is 0.700. The third kappa shape index (κ3) is 3.59. The summed E-state index contributed by atoms with van der Waals surface area (Å²) in [5.74, 6) is 1.18. The van der Waals surface area contributed by atoms with Crippen molar-refractivity contribution < 1.29 is 9.15 Å². The smallest absolute Gasteiger partial charge is 0.247 e. The van der Waals surface area contributed by atoms with Crippen molar-refractivity contribution >= 4 is 0 Å². The van der Waals surface area contributed by atoms with Crippen LogP contribution in [-0.2, 0) is 11.3 Å². The van der Waals surface area contributed by atoms with E-state index in [1.54, 1.807) is 11.0 Å². The summed E-state index contributed by atoms with van der Waals surface area (Å²) < 4.78 is 13.5. The van der Waals surface area contributed by atoms with E-state index in [0.29, 0.717) is 24.9 Å². The van der Waals surface area contributed by atoms with E-state index in [1.807, 2.05) is 30.3 Å². The van der Waals surface area contributed by atoms with Crippen molar-refractivity contribution in [2.24, 2.45) is 0 Å². The predicted molar refractivity (Wildman–Crippen MR) is 89.5 cm³/mol. The number of nitrogens with zero attached hydrogens (tertiary/aromatic N) is 6. The van der Waals surface area contributed by atoms with Gasteiger partial charge in [0.25, 0.3) is 0 Å². The highest BCUT2D eigenvalue weighted by Crippen LogP contribution is 2.25. The summed E-state index contributed by atoms with van der Waals surface area (Å²) in [4.78, 5) is 6.27. The molecule has 0 spiro atoms. The molecule has 3 heterocycles. The fourth-order valence-electron chi connectivity index (χ4n) is 3.00. The van der Waals surface area contributed by atoms with Gasteiger partial charge >= 0.3 is 0 Å². The van der Waals surface area contributed by atoms with Crippen molar-refractivity contribution in [3.05, 3.63) is 48.9 Å². The molecule has 130 valence electrons. The lowest BCUT2D eigenvalue weighted by atomic mass is 10.2. The van der Waals surface area contributed by atoms with Gasteiger partial charge in [0.05, 0.1) is 25.3 Å². The molecule has 25 heavy (non-hydrogen) atoms. The summed E-state index contributed by atoms with van der Waals surface area (Å²) in [7, 11) is 0. The van der Waals surface area contributed by atoms with Crippen molar-refractivity contribution in [1.82, 2.24) is 29.9 Å². The molecule has 1 aliphatic rings. The molecular formula is C17H20N6O2. The van der Waals surface area contributed by atoms with Crippen LogP contribution >= 0.6 is 0 Å². The van der Waals surface area contributed by atoms with Gasteiger partial charge in [-0.1, -0.05) is 18.2 Å². The molecule has 8 heteroatoms. The molecule has 4 rings (SSSR count). The van der Waals surface area contributed by atoms with E-state index < -0.39 is 0 Å². The van der Waals surface area contributed by atoms with E-state index in [2.05, 4.69) is 32.1 Å². The third-order valence-electron chi connectivity index (χ3n) is 4.39. The van der Waals surface area contributed by atoms with Crippen LogP contribution < -0.4 is 0 Å². The van der Waals surface area contributed by atoms with Crippen LogP contribution in [0.25, 0.3) is 11.5 Å². The standard InChI is InChI=1S/C17H20N6O2/c1-13(16-20-21-17(25-16)14-5-3-2-4-6-14)22-7-8-24-15(9-22)10-23-12-18-11-19-23/h2-6,11-13,15H,7-10H2,1H3/t13-,15+/m0/s1. The molecule has 0 saturated carbocycles. The molecule has 2 aromatic heterocycles. The number of hydrogen-bond acceptors (Lipinski definition) is 7. The van der Waals surface area contributed by atoms with Gasteiger partial charge in [-0.15, -0.1) is 10.2 Å². The zero-order valence-electron chi connectivity index (χ0n) is 14.0. The van der Waals surface area contributed by atoms with Gasteiger partial charge in [-0.3, -0.25) is 9.58 Å². The van der Waals surface area contributed by atoms with Gasteiger partial charge in [0.1, 0.15) is 12.7 Å². The summed E-state index contributed by atoms with van der Waals surface area (Å²) in [5, 5.41) is 12.6. The van der Waals surface area contributed by atoms with Crippen LogP contribution in [0.2, 0.25) is 0 Å². The predicted octanol–water partition coefficient (Wildman–Crippen LogP) is 1.79. The van der Waals surface area contributed by atoms with E-state index >= 15 is 0 Å². The Balaban J connectivity index is 1.43. The van der Waals surface area contributed by atoms with E-state index in [9.17, 15) is 0 Å². The van der Waals surface area contributed by atoms with Crippen molar-refractivity contribution in [2.45, 2.75) is 25.6 Å². The molecule has 0 radical (unpaired) electrons. The molecule has 0 unspecified atom stereocenters. The van der Waals surface area contributed by atoms with Gasteiger partial charge < -0.3 is 9.15 Å². The van der Waals surface area contributed by atoms with E-state index in [-0.39, 0.29) is 12.1 Å². The number of ether oxygens (including phenoxy) is 1. The minimum atomic E-state index is 0.0344. The van der Waals surface area contributed by atoms with Gasteiger partial charge in [0.15, 0.2) is 0 Å². The minimum absolute atomic E-state index is 0.0344. The maximum Gasteiger partial charge on any atom is 0.247 e. The Labute approximate surface area is 145 Å². The Kier molecular flexibility index (Phi) is 4.53. The summed E-state index contributed by atoms with van der Waals surface area (Å²) in [6.07, 6.45) is 3.30. The highest BCUT2D eigenvalue weighted by molar-refractivity contribution is 5.51. The molecular weight excluding hydrogens is 320 g/mol. The summed E-state index contributed by atoms with van der Waals surface area (Å²) >= 11 is 0. The first-order valence-corrected chi connectivity index (χ1v) is 8.36. The Hall–Kier alpha value is -2.58. The molecule has 8 nitrogen and oxygen atoms in total. The van der Waals surface area contributed by atoms with E-state index in [1.165, 1.54) is 6.33 Å². The third-order valence-corrected chi connectivity index (χ3v) is 4.39. The Bertz CT molecular complexity index is 789. The molecule has 0 bridgehead atoms. The second kappa shape index (κ2) is 7.12. The second-order valence-electron chi connectivity index (χ2n) is 6.09. The van der Waals surface area contributed by atoms with Crippen LogP contribution in [0.3, 0.4) is 0 Å². The molecule has 0 amide bonds. The maximum atomic E-state index is 5.89. The summed E-state index contributed by atoms with van der Waals surface area (Å²) in [6.45, 7) is 5.05. The average molecular weight is 340 g/mol. The van der Waals surface area contributed by atoms with Crippen LogP contribution in [0.1, 0.15) is 18.9 Å². The summed E-state index contributed by atoms with van der Waals surface area (Å²) in [6, 6.07) is 9.84. The first-order chi connectivity index (χ1) is 12.3. The van der Waals surface area contributed by atoms with Crippen LogP contribution in [0.15, 0.2) is 47.4 Å². The van der Waals surface area contributed by atoms with Gasteiger partial charge in [-0.25, -0.2) is 4.98 Å². The molecule has 3 aromatic rings. The Morgan fingerprint density at radius 1 is 1.24 bits per heavy atom. The van der Waals surface area contributed by atoms with Crippen LogP contribution in [0.5, 0.6) is 0 Å². The molecule has 0 N–H and O–H groups in total. The van der Waals surface area contributed by atoms with Gasteiger partial charge in [0.2, 0.25) is 11.8 Å².